The molecule has 1 rings (SSSR count). The summed E-state index contributed by atoms with van der Waals surface area (Å²) in [6.45, 7) is 3.04. The van der Waals surface area contributed by atoms with Crippen LogP contribution < -0.4 is 10.6 Å². The molecule has 0 saturated carbocycles. The molecule has 7 nitrogen and oxygen atoms in total. The van der Waals surface area contributed by atoms with E-state index in [0.29, 0.717) is 0 Å². The number of alkyl carbamates (subject to hydrolysis) is 1. The maximum absolute atomic E-state index is 11.7. The third-order valence-corrected chi connectivity index (χ3v) is 3.46. The van der Waals surface area contributed by atoms with Gasteiger partial charge >= 0.3 is 6.09 Å². The van der Waals surface area contributed by atoms with Gasteiger partial charge in [-0.25, -0.2) is 4.79 Å². The predicted octanol–water partition coefficient (Wildman–Crippen LogP) is 1.06. The second-order valence-electron chi connectivity index (χ2n) is 4.43. The van der Waals surface area contributed by atoms with E-state index in [1.165, 1.54) is 13.8 Å². The average Bonchev–Trinajstić information content (AvgIpc) is 2.45. The van der Waals surface area contributed by atoms with E-state index in [1.807, 2.05) is 30.3 Å². The topological polar surface area (TPSA) is 108 Å². The molecule has 116 valence electrons. The van der Waals surface area contributed by atoms with E-state index in [4.69, 9.17) is 14.5 Å². The van der Waals surface area contributed by atoms with Crippen LogP contribution in [0.25, 0.3) is 0 Å². The van der Waals surface area contributed by atoms with Gasteiger partial charge in [-0.05, 0) is 19.4 Å². The Morgan fingerprint density at radius 3 is 2.38 bits per heavy atom. The van der Waals surface area contributed by atoms with Crippen LogP contribution >= 0.6 is 8.38 Å². The van der Waals surface area contributed by atoms with Crippen molar-refractivity contribution in [2.45, 2.75) is 32.3 Å². The van der Waals surface area contributed by atoms with E-state index in [0.717, 1.165) is 5.56 Å². The second-order valence-corrected chi connectivity index (χ2v) is 5.85. The Balaban J connectivity index is 2.35. The van der Waals surface area contributed by atoms with Gasteiger partial charge in [0.05, 0.1) is 5.78 Å². The number of benzene rings is 1. The molecule has 0 aliphatic heterocycles. The van der Waals surface area contributed by atoms with Crippen LogP contribution in [-0.4, -0.2) is 33.6 Å². The minimum absolute atomic E-state index is 0.107. The van der Waals surface area contributed by atoms with Crippen LogP contribution in [0.1, 0.15) is 19.4 Å². The Kier molecular flexibility index (Phi) is 7.08. The molecule has 0 spiro atoms. The lowest BCUT2D eigenvalue weighted by Gasteiger charge is -2.18. The number of ether oxygens (including phenoxy) is 1. The molecule has 0 aliphatic rings. The molecular weight excluding hydrogens is 295 g/mol. The zero-order valence-electron chi connectivity index (χ0n) is 11.8. The molecule has 0 fully saturated rings. The smallest absolute Gasteiger partial charge is 0.408 e. The lowest BCUT2D eigenvalue weighted by atomic mass is 10.2. The summed E-state index contributed by atoms with van der Waals surface area (Å²) in [5, 5.41) is 4.74. The van der Waals surface area contributed by atoms with Gasteiger partial charge in [-0.15, -0.1) is 0 Å². The molecule has 1 aromatic rings. The lowest BCUT2D eigenvalue weighted by molar-refractivity contribution is -0.122. The molecule has 0 unspecified atom stereocenters. The van der Waals surface area contributed by atoms with E-state index in [9.17, 15) is 9.59 Å². The first-order valence-electron chi connectivity index (χ1n) is 6.34. The van der Waals surface area contributed by atoms with Crippen LogP contribution in [0, 0.1) is 0 Å². The van der Waals surface area contributed by atoms with Crippen molar-refractivity contribution in [2.24, 2.45) is 0 Å². The first kappa shape index (κ1) is 17.4. The van der Waals surface area contributed by atoms with E-state index >= 15 is 0 Å². The van der Waals surface area contributed by atoms with Gasteiger partial charge in [0, 0.05) is 0 Å². The SMILES string of the molecule is C[C@H](NC(=O)OCc1ccccc1)C(=O)N[C@@H](C)P(O)O. The summed E-state index contributed by atoms with van der Waals surface area (Å²) in [6, 6.07) is 8.30. The van der Waals surface area contributed by atoms with Crippen molar-refractivity contribution in [1.29, 1.82) is 0 Å². The summed E-state index contributed by atoms with van der Waals surface area (Å²) in [4.78, 5) is 41.1. The van der Waals surface area contributed by atoms with E-state index in [1.54, 1.807) is 0 Å². The first-order valence-corrected chi connectivity index (χ1v) is 7.66. The second kappa shape index (κ2) is 8.56. The van der Waals surface area contributed by atoms with Gasteiger partial charge in [0.25, 0.3) is 0 Å². The van der Waals surface area contributed by atoms with Crippen molar-refractivity contribution in [3.05, 3.63) is 35.9 Å². The molecule has 0 saturated heterocycles. The number of hydrogen-bond donors (Lipinski definition) is 4. The Hall–Kier alpha value is -1.69. The van der Waals surface area contributed by atoms with Gasteiger partial charge in [0.2, 0.25) is 5.91 Å². The minimum Gasteiger partial charge on any atom is -0.445 e. The lowest BCUT2D eigenvalue weighted by Crippen LogP contribution is -2.47. The summed E-state index contributed by atoms with van der Waals surface area (Å²) < 4.78 is 4.98. The fraction of sp³-hybridized carbons (Fsp3) is 0.385. The minimum atomic E-state index is -2.25. The Labute approximate surface area is 124 Å². The van der Waals surface area contributed by atoms with Gasteiger partial charge < -0.3 is 25.2 Å². The van der Waals surface area contributed by atoms with E-state index in [-0.39, 0.29) is 6.61 Å². The molecule has 0 aromatic heterocycles. The third kappa shape index (κ3) is 6.53. The normalized spacial score (nSPS) is 13.4. The standard InChI is InChI=1S/C13H19N2O5P/c1-9(12(16)15-10(2)21(18)19)14-13(17)20-8-11-6-4-3-5-7-11/h3-7,9-10,18-19H,8H2,1-2H3,(H,14,17)(H,15,16)/t9-,10+/m0/s1. The summed E-state index contributed by atoms with van der Waals surface area (Å²) in [5.41, 5.74) is 0.838. The van der Waals surface area contributed by atoms with E-state index in [2.05, 4.69) is 10.6 Å². The molecule has 2 atom stereocenters. The Morgan fingerprint density at radius 2 is 1.81 bits per heavy atom. The highest BCUT2D eigenvalue weighted by atomic mass is 31.2. The van der Waals surface area contributed by atoms with E-state index < -0.39 is 32.2 Å². The molecule has 4 N–H and O–H groups in total. The Morgan fingerprint density at radius 1 is 1.19 bits per heavy atom. The van der Waals surface area contributed by atoms with Gasteiger partial charge in [0.1, 0.15) is 12.6 Å². The number of amides is 2. The molecule has 21 heavy (non-hydrogen) atoms. The molecule has 1 aromatic carbocycles. The maximum atomic E-state index is 11.7. The molecule has 2 amide bonds. The molecule has 0 heterocycles. The Bertz CT molecular complexity index is 469. The number of rotatable bonds is 6. The maximum Gasteiger partial charge on any atom is 0.408 e. The molecular formula is C13H19N2O5P. The quantitative estimate of drug-likeness (QED) is 0.587. The van der Waals surface area contributed by atoms with Crippen molar-refractivity contribution in [1.82, 2.24) is 10.6 Å². The van der Waals surface area contributed by atoms with Gasteiger partial charge in [0.15, 0.2) is 8.38 Å². The molecule has 0 radical (unpaired) electrons. The number of hydrogen-bond acceptors (Lipinski definition) is 5. The number of nitrogens with one attached hydrogen (secondary N) is 2. The first-order chi connectivity index (χ1) is 9.90. The van der Waals surface area contributed by atoms with Crippen LogP contribution in [0.15, 0.2) is 30.3 Å². The van der Waals surface area contributed by atoms with Crippen LogP contribution in [0.4, 0.5) is 4.79 Å². The molecule has 0 aliphatic carbocycles. The highest BCUT2D eigenvalue weighted by molar-refractivity contribution is 7.45. The van der Waals surface area contributed by atoms with Crippen molar-refractivity contribution in [3.63, 3.8) is 0 Å². The van der Waals surface area contributed by atoms with Crippen molar-refractivity contribution < 1.29 is 24.1 Å². The molecule has 8 heteroatoms. The summed E-state index contributed by atoms with van der Waals surface area (Å²) in [6.07, 6.45) is -0.718. The van der Waals surface area contributed by atoms with Crippen LogP contribution in [0.3, 0.4) is 0 Å². The zero-order valence-corrected chi connectivity index (χ0v) is 12.7. The monoisotopic (exact) mass is 314 g/mol. The van der Waals surface area contributed by atoms with Crippen molar-refractivity contribution in [3.8, 4) is 0 Å². The van der Waals surface area contributed by atoms with Gasteiger partial charge in [-0.3, -0.25) is 4.79 Å². The van der Waals surface area contributed by atoms with Crippen molar-refractivity contribution in [2.75, 3.05) is 0 Å². The van der Waals surface area contributed by atoms with Crippen molar-refractivity contribution >= 4 is 20.4 Å². The third-order valence-electron chi connectivity index (χ3n) is 2.64. The summed E-state index contributed by atoms with van der Waals surface area (Å²) in [5.74, 6) is -1.29. The highest BCUT2D eigenvalue weighted by Crippen LogP contribution is 2.27. The fourth-order valence-corrected chi connectivity index (χ4v) is 1.64. The highest BCUT2D eigenvalue weighted by Gasteiger charge is 2.20. The van der Waals surface area contributed by atoms with Gasteiger partial charge in [-0.2, -0.15) is 0 Å². The summed E-state index contributed by atoms with van der Waals surface area (Å²) >= 11 is 0. The largest absolute Gasteiger partial charge is 0.445 e. The van der Waals surface area contributed by atoms with Crippen LogP contribution in [0.2, 0.25) is 0 Å². The fourth-order valence-electron chi connectivity index (χ4n) is 1.40. The van der Waals surface area contributed by atoms with Crippen LogP contribution in [0.5, 0.6) is 0 Å². The van der Waals surface area contributed by atoms with Crippen LogP contribution in [-0.2, 0) is 16.1 Å². The zero-order chi connectivity index (χ0) is 15.8. The average molecular weight is 314 g/mol. The molecule has 0 bridgehead atoms. The van der Waals surface area contributed by atoms with Gasteiger partial charge in [-0.1, -0.05) is 30.3 Å². The number of carbonyl (C=O) groups excluding carboxylic acids is 2. The number of carbonyl (C=O) groups is 2. The summed E-state index contributed by atoms with van der Waals surface area (Å²) in [7, 11) is -2.25. The predicted molar refractivity (Wildman–Crippen MR) is 78.2 cm³/mol.